The van der Waals surface area contributed by atoms with Crippen LogP contribution in [0, 0.1) is 0 Å². The van der Waals surface area contributed by atoms with Crippen molar-refractivity contribution in [3.8, 4) is 0 Å². The molecule has 2 heterocycles. The third kappa shape index (κ3) is 4.01. The Kier molecular flexibility index (Phi) is 6.15. The summed E-state index contributed by atoms with van der Waals surface area (Å²) in [4.78, 5) is 6.10. The van der Waals surface area contributed by atoms with E-state index in [1.54, 1.807) is 20.3 Å². The van der Waals surface area contributed by atoms with E-state index in [0.717, 1.165) is 11.1 Å². The standard InChI is InChI=1S/C21H29NO5/c1-6-17-12-13-26-22(14-16-10-8-7-9-11-16)19(21(17,23-4)24-5)18-15-25-20(2,3)27-18/h6-12,18-19H,1,13-15H2,2-5H3/t18-,19-/m1/s1. The molecule has 148 valence electrons. The van der Waals surface area contributed by atoms with Crippen molar-refractivity contribution < 1.29 is 23.8 Å². The van der Waals surface area contributed by atoms with Crippen molar-refractivity contribution in [2.45, 2.75) is 44.1 Å². The summed E-state index contributed by atoms with van der Waals surface area (Å²) in [5.41, 5.74) is 1.92. The lowest BCUT2D eigenvalue weighted by Gasteiger charge is -2.44. The summed E-state index contributed by atoms with van der Waals surface area (Å²) in [5, 5.41) is 1.88. The first-order chi connectivity index (χ1) is 13.0. The minimum absolute atomic E-state index is 0.315. The Morgan fingerprint density at radius 2 is 1.93 bits per heavy atom. The zero-order valence-corrected chi connectivity index (χ0v) is 16.5. The highest BCUT2D eigenvalue weighted by Crippen LogP contribution is 2.39. The zero-order valence-electron chi connectivity index (χ0n) is 16.5. The maximum Gasteiger partial charge on any atom is 0.215 e. The summed E-state index contributed by atoms with van der Waals surface area (Å²) in [7, 11) is 3.25. The summed E-state index contributed by atoms with van der Waals surface area (Å²) >= 11 is 0. The highest BCUT2D eigenvalue weighted by atomic mass is 16.8. The fourth-order valence-electron chi connectivity index (χ4n) is 3.80. The minimum Gasteiger partial charge on any atom is -0.348 e. The van der Waals surface area contributed by atoms with Crippen molar-refractivity contribution in [1.82, 2.24) is 5.06 Å². The summed E-state index contributed by atoms with van der Waals surface area (Å²) in [6, 6.07) is 9.73. The van der Waals surface area contributed by atoms with Gasteiger partial charge in [0.15, 0.2) is 5.79 Å². The number of hydrogen-bond acceptors (Lipinski definition) is 6. The van der Waals surface area contributed by atoms with Crippen LogP contribution < -0.4 is 0 Å². The van der Waals surface area contributed by atoms with Crippen LogP contribution in [0.4, 0.5) is 0 Å². The number of hydroxylamine groups is 2. The summed E-state index contributed by atoms with van der Waals surface area (Å²) < 4.78 is 23.9. The molecule has 6 nitrogen and oxygen atoms in total. The lowest BCUT2D eigenvalue weighted by atomic mass is 9.92. The second kappa shape index (κ2) is 8.22. The van der Waals surface area contributed by atoms with Crippen molar-refractivity contribution in [1.29, 1.82) is 0 Å². The second-order valence-corrected chi connectivity index (χ2v) is 7.11. The molecule has 2 aliphatic rings. The van der Waals surface area contributed by atoms with Gasteiger partial charge in [-0.2, -0.15) is 5.06 Å². The molecule has 27 heavy (non-hydrogen) atoms. The molecule has 0 bridgehead atoms. The third-order valence-electron chi connectivity index (χ3n) is 5.04. The Morgan fingerprint density at radius 1 is 1.22 bits per heavy atom. The van der Waals surface area contributed by atoms with Gasteiger partial charge in [-0.15, -0.1) is 0 Å². The van der Waals surface area contributed by atoms with Crippen molar-refractivity contribution in [2.75, 3.05) is 27.4 Å². The molecular weight excluding hydrogens is 346 g/mol. The normalized spacial score (nSPS) is 27.8. The van der Waals surface area contributed by atoms with Gasteiger partial charge in [0.25, 0.3) is 0 Å². The van der Waals surface area contributed by atoms with E-state index in [0.29, 0.717) is 19.8 Å². The highest BCUT2D eigenvalue weighted by molar-refractivity contribution is 5.30. The Balaban J connectivity index is 2.02. The van der Waals surface area contributed by atoms with Crippen LogP contribution in [0.15, 0.2) is 54.6 Å². The predicted octanol–water partition coefficient (Wildman–Crippen LogP) is 3.06. The first-order valence-electron chi connectivity index (χ1n) is 9.14. The molecule has 6 heteroatoms. The predicted molar refractivity (Wildman–Crippen MR) is 102 cm³/mol. The van der Waals surface area contributed by atoms with Crippen LogP contribution in [-0.4, -0.2) is 56.2 Å². The van der Waals surface area contributed by atoms with E-state index >= 15 is 0 Å². The van der Waals surface area contributed by atoms with Gasteiger partial charge in [0.2, 0.25) is 5.79 Å². The summed E-state index contributed by atoms with van der Waals surface area (Å²) in [5.74, 6) is -1.78. The van der Waals surface area contributed by atoms with E-state index in [1.807, 2.05) is 43.2 Å². The molecule has 1 saturated heterocycles. The molecule has 0 amide bonds. The lowest BCUT2D eigenvalue weighted by Crippen LogP contribution is -2.61. The minimum atomic E-state index is -1.10. The monoisotopic (exact) mass is 375 g/mol. The zero-order chi connectivity index (χ0) is 19.5. The third-order valence-corrected chi connectivity index (χ3v) is 5.04. The van der Waals surface area contributed by atoms with Gasteiger partial charge in [-0.25, -0.2) is 0 Å². The van der Waals surface area contributed by atoms with Gasteiger partial charge in [-0.3, -0.25) is 4.84 Å². The molecule has 0 unspecified atom stereocenters. The molecule has 3 rings (SSSR count). The van der Waals surface area contributed by atoms with Gasteiger partial charge in [0.1, 0.15) is 12.1 Å². The number of rotatable bonds is 6. The van der Waals surface area contributed by atoms with Crippen LogP contribution in [-0.2, 0) is 30.3 Å². The molecule has 0 spiro atoms. The first kappa shape index (κ1) is 20.2. The van der Waals surface area contributed by atoms with Crippen LogP contribution >= 0.6 is 0 Å². The molecule has 1 fully saturated rings. The van der Waals surface area contributed by atoms with Crippen molar-refractivity contribution >= 4 is 0 Å². The van der Waals surface area contributed by atoms with Crippen molar-refractivity contribution in [3.63, 3.8) is 0 Å². The number of methoxy groups -OCH3 is 2. The molecule has 1 aromatic carbocycles. The Morgan fingerprint density at radius 3 is 2.48 bits per heavy atom. The van der Waals surface area contributed by atoms with Gasteiger partial charge < -0.3 is 18.9 Å². The van der Waals surface area contributed by atoms with Gasteiger partial charge in [-0.05, 0) is 25.5 Å². The summed E-state index contributed by atoms with van der Waals surface area (Å²) in [6.07, 6.45) is 3.36. The fourth-order valence-corrected chi connectivity index (χ4v) is 3.80. The molecule has 0 aliphatic carbocycles. The van der Waals surface area contributed by atoms with Crippen LogP contribution in [0.5, 0.6) is 0 Å². The van der Waals surface area contributed by atoms with E-state index in [4.69, 9.17) is 23.8 Å². The van der Waals surface area contributed by atoms with E-state index in [2.05, 4.69) is 18.7 Å². The molecule has 0 aromatic heterocycles. The molecule has 2 atom stereocenters. The molecule has 0 radical (unpaired) electrons. The van der Waals surface area contributed by atoms with Gasteiger partial charge in [0.05, 0.1) is 13.2 Å². The lowest BCUT2D eigenvalue weighted by molar-refractivity contribution is -0.301. The number of benzene rings is 1. The quantitative estimate of drug-likeness (QED) is 0.713. The van der Waals surface area contributed by atoms with E-state index < -0.39 is 17.6 Å². The second-order valence-electron chi connectivity index (χ2n) is 7.11. The number of ether oxygens (including phenoxy) is 4. The van der Waals surface area contributed by atoms with Crippen LogP contribution in [0.2, 0.25) is 0 Å². The average Bonchev–Trinajstić information content (AvgIpc) is 2.94. The van der Waals surface area contributed by atoms with Gasteiger partial charge >= 0.3 is 0 Å². The van der Waals surface area contributed by atoms with Crippen molar-refractivity contribution in [2.24, 2.45) is 0 Å². The SMILES string of the molecule is C=CC1=CCON(Cc2ccccc2)[C@H]([C@H]2COC(C)(C)O2)C1(OC)OC. The molecule has 0 N–H and O–H groups in total. The Labute approximate surface area is 161 Å². The van der Waals surface area contributed by atoms with E-state index in [9.17, 15) is 0 Å². The van der Waals surface area contributed by atoms with Crippen LogP contribution in [0.1, 0.15) is 19.4 Å². The van der Waals surface area contributed by atoms with Gasteiger partial charge in [-0.1, -0.05) is 43.0 Å². The number of hydrogen-bond donors (Lipinski definition) is 0. The molecule has 1 aromatic rings. The highest BCUT2D eigenvalue weighted by Gasteiger charge is 2.54. The largest absolute Gasteiger partial charge is 0.348 e. The van der Waals surface area contributed by atoms with Crippen molar-refractivity contribution in [3.05, 3.63) is 60.2 Å². The Hall–Kier alpha value is -1.54. The molecular formula is C21H29NO5. The van der Waals surface area contributed by atoms with Gasteiger partial charge in [0, 0.05) is 26.3 Å². The van der Waals surface area contributed by atoms with Crippen LogP contribution in [0.25, 0.3) is 0 Å². The van der Waals surface area contributed by atoms with E-state index in [1.165, 1.54) is 0 Å². The number of nitrogens with zero attached hydrogens (tertiary/aromatic N) is 1. The first-order valence-corrected chi connectivity index (χ1v) is 9.14. The maximum absolute atomic E-state index is 6.20. The molecule has 0 saturated carbocycles. The topological polar surface area (TPSA) is 49.4 Å². The fraction of sp³-hybridized carbons (Fsp3) is 0.524. The smallest absolute Gasteiger partial charge is 0.215 e. The van der Waals surface area contributed by atoms with Crippen LogP contribution in [0.3, 0.4) is 0 Å². The molecule has 2 aliphatic heterocycles. The average molecular weight is 375 g/mol. The summed E-state index contributed by atoms with van der Waals surface area (Å²) in [6.45, 7) is 9.09. The Bertz CT molecular complexity index is 668. The van der Waals surface area contributed by atoms with E-state index in [-0.39, 0.29) is 6.10 Å². The maximum atomic E-state index is 6.20.